The van der Waals surface area contributed by atoms with Crippen LogP contribution in [-0.2, 0) is 14.8 Å². The SMILES string of the molecule is O=C(N[C@H]1CC[C@@H](CCNS(=O)(=O)c2cccc(Cl)c2)O[C@H]1CO)c1ccncc1. The molecule has 0 spiro atoms. The first-order valence-electron chi connectivity index (χ1n) is 9.61. The molecular formula is C20H24ClN3O5S. The minimum Gasteiger partial charge on any atom is -0.394 e. The minimum absolute atomic E-state index is 0.103. The third kappa shape index (κ3) is 5.99. The summed E-state index contributed by atoms with van der Waals surface area (Å²) in [5, 5.41) is 12.9. The van der Waals surface area contributed by atoms with Crippen LogP contribution in [0.3, 0.4) is 0 Å². The van der Waals surface area contributed by atoms with Crippen LogP contribution < -0.4 is 10.0 Å². The van der Waals surface area contributed by atoms with E-state index in [9.17, 15) is 18.3 Å². The van der Waals surface area contributed by atoms with Crippen LogP contribution in [0, 0.1) is 0 Å². The topological polar surface area (TPSA) is 118 Å². The molecule has 0 saturated carbocycles. The number of amides is 1. The third-order valence-corrected chi connectivity index (χ3v) is 6.61. The molecule has 2 aromatic rings. The van der Waals surface area contributed by atoms with Crippen molar-refractivity contribution in [3.05, 3.63) is 59.4 Å². The van der Waals surface area contributed by atoms with Crippen molar-refractivity contribution in [1.29, 1.82) is 0 Å². The van der Waals surface area contributed by atoms with E-state index in [-0.39, 0.29) is 36.1 Å². The predicted molar refractivity (Wildman–Crippen MR) is 112 cm³/mol. The number of carbonyl (C=O) groups is 1. The molecule has 8 nitrogen and oxygen atoms in total. The molecule has 30 heavy (non-hydrogen) atoms. The Labute approximate surface area is 180 Å². The maximum absolute atomic E-state index is 12.4. The number of hydrogen-bond donors (Lipinski definition) is 3. The summed E-state index contributed by atoms with van der Waals surface area (Å²) in [6.45, 7) is -0.0578. The van der Waals surface area contributed by atoms with Gasteiger partial charge < -0.3 is 15.2 Å². The van der Waals surface area contributed by atoms with E-state index in [4.69, 9.17) is 16.3 Å². The first kappa shape index (κ1) is 22.6. The lowest BCUT2D eigenvalue weighted by Gasteiger charge is -2.36. The largest absolute Gasteiger partial charge is 0.394 e. The standard InChI is InChI=1S/C20H24ClN3O5S/c21-15-2-1-3-17(12-15)30(27,28)23-11-8-16-4-5-18(19(13-25)29-16)24-20(26)14-6-9-22-10-7-14/h1-3,6-7,9-10,12,16,18-19,23,25H,4-5,8,11,13H2,(H,24,26)/t16-,18-,19-/m0/s1. The van der Waals surface area contributed by atoms with Gasteiger partial charge in [0.2, 0.25) is 10.0 Å². The number of aromatic nitrogens is 1. The van der Waals surface area contributed by atoms with E-state index in [1.165, 1.54) is 24.5 Å². The molecule has 1 aliphatic heterocycles. The normalized spacial score (nSPS) is 21.9. The predicted octanol–water partition coefficient (Wildman–Crippen LogP) is 1.74. The number of ether oxygens (including phenoxy) is 1. The molecule has 10 heteroatoms. The molecule has 1 saturated heterocycles. The molecule has 0 unspecified atom stereocenters. The van der Waals surface area contributed by atoms with E-state index in [0.29, 0.717) is 29.8 Å². The lowest BCUT2D eigenvalue weighted by Crippen LogP contribution is -2.51. The second-order valence-electron chi connectivity index (χ2n) is 7.02. The number of carbonyl (C=O) groups excluding carboxylic acids is 1. The van der Waals surface area contributed by atoms with Gasteiger partial charge in [-0.3, -0.25) is 9.78 Å². The zero-order valence-electron chi connectivity index (χ0n) is 16.2. The number of nitrogens with one attached hydrogen (secondary N) is 2. The second-order valence-corrected chi connectivity index (χ2v) is 9.22. The lowest BCUT2D eigenvalue weighted by molar-refractivity contribution is -0.0891. The van der Waals surface area contributed by atoms with Gasteiger partial charge in [-0.2, -0.15) is 0 Å². The highest BCUT2D eigenvalue weighted by molar-refractivity contribution is 7.89. The first-order chi connectivity index (χ1) is 14.4. The van der Waals surface area contributed by atoms with E-state index in [1.54, 1.807) is 24.3 Å². The summed E-state index contributed by atoms with van der Waals surface area (Å²) in [5.74, 6) is -0.253. The summed E-state index contributed by atoms with van der Waals surface area (Å²) in [5.41, 5.74) is 0.485. The van der Waals surface area contributed by atoms with Gasteiger partial charge in [0.15, 0.2) is 0 Å². The Morgan fingerprint density at radius 2 is 2.00 bits per heavy atom. The zero-order chi connectivity index (χ0) is 21.6. The van der Waals surface area contributed by atoms with Crippen LogP contribution in [0.1, 0.15) is 29.6 Å². The number of nitrogens with zero attached hydrogens (tertiary/aromatic N) is 1. The van der Waals surface area contributed by atoms with Gasteiger partial charge in [0.1, 0.15) is 6.10 Å². The molecule has 162 valence electrons. The molecule has 1 aliphatic rings. The Kier molecular flexibility index (Phi) is 7.79. The van der Waals surface area contributed by atoms with Gasteiger partial charge >= 0.3 is 0 Å². The summed E-state index contributed by atoms with van der Waals surface area (Å²) >= 11 is 5.86. The molecule has 1 fully saturated rings. The van der Waals surface area contributed by atoms with E-state index in [2.05, 4.69) is 15.0 Å². The fourth-order valence-corrected chi connectivity index (χ4v) is 4.68. The summed E-state index contributed by atoms with van der Waals surface area (Å²) < 4.78 is 33.1. The van der Waals surface area contributed by atoms with Crippen LogP contribution in [-0.4, -0.2) is 55.8 Å². The van der Waals surface area contributed by atoms with Crippen molar-refractivity contribution in [3.8, 4) is 0 Å². The van der Waals surface area contributed by atoms with Crippen molar-refractivity contribution < 1.29 is 23.1 Å². The van der Waals surface area contributed by atoms with Crippen LogP contribution in [0.15, 0.2) is 53.7 Å². The Morgan fingerprint density at radius 1 is 1.23 bits per heavy atom. The number of sulfonamides is 1. The van der Waals surface area contributed by atoms with E-state index in [0.717, 1.165) is 0 Å². The molecule has 2 heterocycles. The number of pyridine rings is 1. The number of rotatable bonds is 8. The van der Waals surface area contributed by atoms with Gasteiger partial charge in [0, 0.05) is 29.5 Å². The highest BCUT2D eigenvalue weighted by atomic mass is 35.5. The van der Waals surface area contributed by atoms with Crippen molar-refractivity contribution in [3.63, 3.8) is 0 Å². The molecular weight excluding hydrogens is 430 g/mol. The second kappa shape index (κ2) is 10.3. The van der Waals surface area contributed by atoms with Gasteiger partial charge in [-0.25, -0.2) is 13.1 Å². The number of aliphatic hydroxyl groups excluding tert-OH is 1. The van der Waals surface area contributed by atoms with Gasteiger partial charge in [-0.15, -0.1) is 0 Å². The van der Waals surface area contributed by atoms with Crippen molar-refractivity contribution in [2.24, 2.45) is 0 Å². The number of halogens is 1. The Bertz CT molecular complexity index is 958. The molecule has 1 aromatic carbocycles. The molecule has 1 amide bonds. The monoisotopic (exact) mass is 453 g/mol. The Balaban J connectivity index is 1.50. The van der Waals surface area contributed by atoms with E-state index in [1.807, 2.05) is 0 Å². The molecule has 3 atom stereocenters. The number of benzene rings is 1. The van der Waals surface area contributed by atoms with Crippen LogP contribution in [0.2, 0.25) is 5.02 Å². The molecule has 0 bridgehead atoms. The fourth-order valence-electron chi connectivity index (χ4n) is 3.34. The van der Waals surface area contributed by atoms with Crippen molar-refractivity contribution in [2.75, 3.05) is 13.2 Å². The molecule has 3 N–H and O–H groups in total. The Hall–Kier alpha value is -2.04. The smallest absolute Gasteiger partial charge is 0.251 e. The summed E-state index contributed by atoms with van der Waals surface area (Å²) in [4.78, 5) is 16.3. The zero-order valence-corrected chi connectivity index (χ0v) is 17.8. The van der Waals surface area contributed by atoms with Crippen LogP contribution in [0.4, 0.5) is 0 Å². The maximum Gasteiger partial charge on any atom is 0.251 e. The fraction of sp³-hybridized carbons (Fsp3) is 0.400. The number of hydrogen-bond acceptors (Lipinski definition) is 6. The first-order valence-corrected chi connectivity index (χ1v) is 11.5. The molecule has 0 radical (unpaired) electrons. The lowest BCUT2D eigenvalue weighted by atomic mass is 9.97. The average molecular weight is 454 g/mol. The molecule has 0 aliphatic carbocycles. The molecule has 1 aromatic heterocycles. The van der Waals surface area contributed by atoms with Gasteiger partial charge in [-0.1, -0.05) is 17.7 Å². The summed E-state index contributed by atoms with van der Waals surface area (Å²) in [6, 6.07) is 8.95. The van der Waals surface area contributed by atoms with Crippen molar-refractivity contribution in [1.82, 2.24) is 15.0 Å². The minimum atomic E-state index is -3.66. The van der Waals surface area contributed by atoms with Gasteiger partial charge in [-0.05, 0) is 49.6 Å². The highest BCUT2D eigenvalue weighted by Gasteiger charge is 2.32. The summed E-state index contributed by atoms with van der Waals surface area (Å²) in [6.07, 6.45) is 4.00. The maximum atomic E-state index is 12.4. The molecule has 3 rings (SSSR count). The van der Waals surface area contributed by atoms with Crippen LogP contribution in [0.25, 0.3) is 0 Å². The van der Waals surface area contributed by atoms with Crippen molar-refractivity contribution >= 4 is 27.5 Å². The van der Waals surface area contributed by atoms with Crippen LogP contribution in [0.5, 0.6) is 0 Å². The number of aliphatic hydroxyl groups is 1. The average Bonchev–Trinajstić information content (AvgIpc) is 2.75. The quantitative estimate of drug-likeness (QED) is 0.560. The highest BCUT2D eigenvalue weighted by Crippen LogP contribution is 2.22. The summed E-state index contributed by atoms with van der Waals surface area (Å²) in [7, 11) is -3.66. The Morgan fingerprint density at radius 3 is 2.70 bits per heavy atom. The van der Waals surface area contributed by atoms with E-state index < -0.39 is 16.1 Å². The van der Waals surface area contributed by atoms with Gasteiger partial charge in [0.05, 0.1) is 23.6 Å². The van der Waals surface area contributed by atoms with Gasteiger partial charge in [0.25, 0.3) is 5.91 Å². The third-order valence-electron chi connectivity index (χ3n) is 4.92. The van der Waals surface area contributed by atoms with Crippen molar-refractivity contribution in [2.45, 2.75) is 42.4 Å². The van der Waals surface area contributed by atoms with E-state index >= 15 is 0 Å². The van der Waals surface area contributed by atoms with Crippen LogP contribution >= 0.6 is 11.6 Å².